The molecule has 0 saturated carbocycles. The third-order valence-corrected chi connectivity index (χ3v) is 4.67. The lowest BCUT2D eigenvalue weighted by molar-refractivity contribution is -0.131. The van der Waals surface area contributed by atoms with Gasteiger partial charge in [-0.1, -0.05) is 41.9 Å². The summed E-state index contributed by atoms with van der Waals surface area (Å²) in [7, 11) is 0. The Morgan fingerprint density at radius 1 is 1.14 bits per heavy atom. The molecule has 0 aliphatic carbocycles. The van der Waals surface area contributed by atoms with Crippen LogP contribution < -0.4 is 10.6 Å². The first-order valence-corrected chi connectivity index (χ1v) is 9.25. The molecule has 1 fully saturated rings. The zero-order chi connectivity index (χ0) is 20.1. The van der Waals surface area contributed by atoms with Crippen LogP contribution in [-0.2, 0) is 9.53 Å². The summed E-state index contributed by atoms with van der Waals surface area (Å²) in [4.78, 5) is 12.6. The van der Waals surface area contributed by atoms with Gasteiger partial charge in [0.25, 0.3) is 5.91 Å². The fourth-order valence-electron chi connectivity index (χ4n) is 3.07. The largest absolute Gasteiger partial charge is 0.401 e. The molecule has 1 aliphatic rings. The van der Waals surface area contributed by atoms with Crippen molar-refractivity contribution in [2.24, 2.45) is 0 Å². The van der Waals surface area contributed by atoms with Crippen LogP contribution in [0.5, 0.6) is 0 Å². The predicted molar refractivity (Wildman–Crippen MR) is 108 cm³/mol. The van der Waals surface area contributed by atoms with Crippen LogP contribution in [0.15, 0.2) is 48.5 Å². The van der Waals surface area contributed by atoms with E-state index in [2.05, 4.69) is 10.6 Å². The first-order valence-electron chi connectivity index (χ1n) is 8.87. The van der Waals surface area contributed by atoms with Crippen molar-refractivity contribution in [2.45, 2.75) is 24.7 Å². The van der Waals surface area contributed by atoms with E-state index in [4.69, 9.17) is 16.3 Å². The average molecular weight is 449 g/mol. The maximum Gasteiger partial charge on any atom is 0.401 e. The van der Waals surface area contributed by atoms with Crippen LogP contribution in [0, 0.1) is 0 Å². The van der Waals surface area contributed by atoms with E-state index in [0.29, 0.717) is 17.0 Å². The van der Waals surface area contributed by atoms with Gasteiger partial charge < -0.3 is 15.4 Å². The molecule has 2 atom stereocenters. The molecular weight excluding hydrogens is 428 g/mol. The molecule has 2 aromatic rings. The predicted octanol–water partition coefficient (Wildman–Crippen LogP) is 4.53. The van der Waals surface area contributed by atoms with E-state index in [-0.39, 0.29) is 31.5 Å². The van der Waals surface area contributed by atoms with Crippen molar-refractivity contribution >= 4 is 29.9 Å². The van der Waals surface area contributed by atoms with Crippen molar-refractivity contribution in [3.05, 3.63) is 59.1 Å². The number of ether oxygens (including phenoxy) is 1. The van der Waals surface area contributed by atoms with Crippen LogP contribution in [0.3, 0.4) is 0 Å². The van der Waals surface area contributed by atoms with Gasteiger partial charge in [-0.3, -0.25) is 4.79 Å². The number of benzene rings is 2. The van der Waals surface area contributed by atoms with E-state index in [0.717, 1.165) is 11.1 Å². The van der Waals surface area contributed by atoms with Crippen molar-refractivity contribution in [3.63, 3.8) is 0 Å². The van der Waals surface area contributed by atoms with Crippen LogP contribution >= 0.6 is 24.0 Å². The second-order valence-corrected chi connectivity index (χ2v) is 7.06. The summed E-state index contributed by atoms with van der Waals surface area (Å²) < 4.78 is 42.5. The summed E-state index contributed by atoms with van der Waals surface area (Å²) in [5, 5.41) is 5.73. The highest BCUT2D eigenvalue weighted by molar-refractivity contribution is 6.30. The second kappa shape index (κ2) is 10.3. The Hall–Kier alpha value is -1.80. The molecule has 4 nitrogen and oxygen atoms in total. The third-order valence-electron chi connectivity index (χ3n) is 4.42. The number of carbonyl (C=O) groups is 1. The molecule has 0 unspecified atom stereocenters. The molecule has 2 aromatic carbocycles. The highest BCUT2D eigenvalue weighted by Crippen LogP contribution is 2.27. The van der Waals surface area contributed by atoms with Gasteiger partial charge in [0.2, 0.25) is 0 Å². The van der Waals surface area contributed by atoms with Crippen molar-refractivity contribution in [2.75, 3.05) is 19.7 Å². The quantitative estimate of drug-likeness (QED) is 0.706. The van der Waals surface area contributed by atoms with Gasteiger partial charge in [-0.15, -0.1) is 12.4 Å². The standard InChI is InChI=1S/C20H20ClF3N2O2.ClH/c21-16-6-4-13(5-7-16)14-2-1-3-15(10-14)18-19(27)26-17(8-9-28-18)11-25-12-20(22,23)24;/h1-7,10,17-18,25H,8-9,11-12H2,(H,26,27);1H/t17-,18-;/m0./s1. The number of alkyl halides is 3. The number of hydrogen-bond acceptors (Lipinski definition) is 3. The molecule has 0 aromatic heterocycles. The Morgan fingerprint density at radius 2 is 1.86 bits per heavy atom. The molecule has 0 spiro atoms. The third kappa shape index (κ3) is 6.89. The number of hydrogen-bond donors (Lipinski definition) is 2. The average Bonchev–Trinajstić information content (AvgIpc) is 2.82. The molecule has 1 aliphatic heterocycles. The fraction of sp³-hybridized carbons (Fsp3) is 0.350. The molecule has 29 heavy (non-hydrogen) atoms. The number of halogens is 5. The molecule has 3 rings (SSSR count). The molecule has 2 N–H and O–H groups in total. The summed E-state index contributed by atoms with van der Waals surface area (Å²) >= 11 is 5.92. The number of nitrogens with one attached hydrogen (secondary N) is 2. The molecule has 9 heteroatoms. The van der Waals surface area contributed by atoms with E-state index < -0.39 is 24.9 Å². The van der Waals surface area contributed by atoms with Gasteiger partial charge in [0, 0.05) is 17.6 Å². The van der Waals surface area contributed by atoms with Crippen molar-refractivity contribution in [3.8, 4) is 11.1 Å². The topological polar surface area (TPSA) is 50.4 Å². The minimum Gasteiger partial charge on any atom is -0.364 e. The van der Waals surface area contributed by atoms with E-state index >= 15 is 0 Å². The van der Waals surface area contributed by atoms with Crippen LogP contribution in [0.2, 0.25) is 5.02 Å². The van der Waals surface area contributed by atoms with Crippen LogP contribution in [0.4, 0.5) is 13.2 Å². The lowest BCUT2D eigenvalue weighted by Crippen LogP contribution is -2.44. The highest BCUT2D eigenvalue weighted by Gasteiger charge is 2.30. The summed E-state index contributed by atoms with van der Waals surface area (Å²) in [6.45, 7) is -0.786. The van der Waals surface area contributed by atoms with Gasteiger partial charge in [-0.25, -0.2) is 0 Å². The zero-order valence-electron chi connectivity index (χ0n) is 15.3. The number of carbonyl (C=O) groups excluding carboxylic acids is 1. The fourth-order valence-corrected chi connectivity index (χ4v) is 3.19. The van der Waals surface area contributed by atoms with Gasteiger partial charge in [0.15, 0.2) is 6.10 Å². The minimum absolute atomic E-state index is 0. The first-order chi connectivity index (χ1) is 13.3. The van der Waals surface area contributed by atoms with Crippen LogP contribution in [0.25, 0.3) is 11.1 Å². The Kier molecular flexibility index (Phi) is 8.34. The van der Waals surface area contributed by atoms with E-state index in [1.807, 2.05) is 30.3 Å². The summed E-state index contributed by atoms with van der Waals surface area (Å²) in [5.41, 5.74) is 2.56. The Labute approximate surface area is 178 Å². The monoisotopic (exact) mass is 448 g/mol. The first kappa shape index (κ1) is 23.5. The Bertz CT molecular complexity index is 816. The molecule has 1 saturated heterocycles. The number of rotatable bonds is 5. The zero-order valence-corrected chi connectivity index (χ0v) is 16.9. The lowest BCUT2D eigenvalue weighted by atomic mass is 10.0. The van der Waals surface area contributed by atoms with E-state index in [9.17, 15) is 18.0 Å². The van der Waals surface area contributed by atoms with Crippen LogP contribution in [-0.4, -0.2) is 37.8 Å². The van der Waals surface area contributed by atoms with Gasteiger partial charge in [-0.2, -0.15) is 13.2 Å². The minimum atomic E-state index is -4.28. The lowest BCUT2D eigenvalue weighted by Gasteiger charge is -2.18. The van der Waals surface area contributed by atoms with Crippen LogP contribution in [0.1, 0.15) is 18.1 Å². The number of amides is 1. The maximum absolute atomic E-state index is 12.6. The smallest absolute Gasteiger partial charge is 0.364 e. The van der Waals surface area contributed by atoms with Gasteiger partial charge in [0.05, 0.1) is 13.2 Å². The second-order valence-electron chi connectivity index (χ2n) is 6.62. The van der Waals surface area contributed by atoms with Gasteiger partial charge in [0.1, 0.15) is 0 Å². The van der Waals surface area contributed by atoms with Gasteiger partial charge >= 0.3 is 6.18 Å². The normalized spacial score (nSPS) is 19.8. The highest BCUT2D eigenvalue weighted by atomic mass is 35.5. The SMILES string of the molecule is Cl.O=C1N[C@H](CNCC(F)(F)F)CCO[C@H]1c1cccc(-c2ccc(Cl)cc2)c1. The summed E-state index contributed by atoms with van der Waals surface area (Å²) in [6.07, 6.45) is -4.65. The van der Waals surface area contributed by atoms with Crippen molar-refractivity contribution in [1.82, 2.24) is 10.6 Å². The molecule has 1 amide bonds. The van der Waals surface area contributed by atoms with Crippen molar-refractivity contribution in [1.29, 1.82) is 0 Å². The molecule has 158 valence electrons. The van der Waals surface area contributed by atoms with E-state index in [1.54, 1.807) is 18.2 Å². The van der Waals surface area contributed by atoms with Crippen molar-refractivity contribution < 1.29 is 22.7 Å². The molecule has 0 radical (unpaired) electrons. The summed E-state index contributed by atoms with van der Waals surface area (Å²) in [6, 6.07) is 14.4. The Balaban J connectivity index is 0.00000300. The summed E-state index contributed by atoms with van der Waals surface area (Å²) in [5.74, 6) is -0.357. The maximum atomic E-state index is 12.6. The molecule has 0 bridgehead atoms. The van der Waals surface area contributed by atoms with Gasteiger partial charge in [-0.05, 0) is 41.3 Å². The van der Waals surface area contributed by atoms with E-state index in [1.165, 1.54) is 0 Å². The molecular formula is C20H21Cl2F3N2O2. The Morgan fingerprint density at radius 3 is 2.55 bits per heavy atom. The molecule has 1 heterocycles.